The van der Waals surface area contributed by atoms with E-state index in [0.717, 1.165) is 30.3 Å². The molecule has 83 heavy (non-hydrogen) atoms. The Bertz CT molecular complexity index is 3570. The highest BCUT2D eigenvalue weighted by molar-refractivity contribution is 7.95. The Balaban J connectivity index is 1.95. The number of hydrogen-bond donors (Lipinski definition) is 13. The van der Waals surface area contributed by atoms with Crippen molar-refractivity contribution in [3.05, 3.63) is 72.9 Å². The maximum absolute atomic E-state index is 14.9. The average Bonchev–Trinajstić information content (AvgIpc) is 1.02. The lowest BCUT2D eigenvalue weighted by Gasteiger charge is -2.23. The molecule has 3 unspecified atom stereocenters. The molecule has 0 fully saturated rings. The molecule has 0 aliphatic carbocycles. The van der Waals surface area contributed by atoms with Crippen LogP contribution in [0.5, 0.6) is 5.75 Å². The molecule has 37 heteroatoms. The molecule has 4 aromatic rings. The van der Waals surface area contributed by atoms with Crippen molar-refractivity contribution in [2.45, 2.75) is 72.8 Å². The van der Waals surface area contributed by atoms with Gasteiger partial charge in [0.05, 0.1) is 14.7 Å². The molecular weight excluding hydrogens is 1220 g/mol. The summed E-state index contributed by atoms with van der Waals surface area (Å²) in [5, 5.41) is 48.9. The first-order valence-corrected chi connectivity index (χ1v) is 32.1. The van der Waals surface area contributed by atoms with Crippen molar-refractivity contribution >= 4 is 132 Å². The van der Waals surface area contributed by atoms with Gasteiger partial charge in [-0.3, -0.25) is 33.3 Å². The van der Waals surface area contributed by atoms with E-state index in [0.29, 0.717) is 6.07 Å². The van der Waals surface area contributed by atoms with E-state index in [-0.39, 0.29) is 115 Å². The molecule has 31 nitrogen and oxygen atoms in total. The third-order valence-corrected chi connectivity index (χ3v) is 18.0. The average molecular weight is 1280 g/mol. The van der Waals surface area contributed by atoms with Crippen molar-refractivity contribution in [1.82, 2.24) is 46.1 Å². The Morgan fingerprint density at radius 3 is 1.13 bits per heavy atom. The molecule has 0 bridgehead atoms. The number of phenols is 1. The van der Waals surface area contributed by atoms with Gasteiger partial charge in [-0.15, -0.1) is 8.67 Å². The quantitative estimate of drug-likeness (QED) is 0.00531. The van der Waals surface area contributed by atoms with Gasteiger partial charge < -0.3 is 37.0 Å². The fourth-order valence-corrected chi connectivity index (χ4v) is 13.8. The number of amides is 6. The molecule has 4 rings (SSSR count). The highest BCUT2D eigenvalue weighted by atomic mass is 32.2. The topological polar surface area (TPSA) is 465 Å². The maximum atomic E-state index is 14.9. The first-order valence-electron chi connectivity index (χ1n) is 24.2. The molecule has 0 spiro atoms. The first-order chi connectivity index (χ1) is 38.9. The maximum Gasteiger partial charge on any atom is 0.266 e. The van der Waals surface area contributed by atoms with Crippen molar-refractivity contribution in [3.63, 3.8) is 0 Å². The minimum Gasteiger partial charge on any atom is -0.507 e. The normalized spacial score (nSPS) is 13.2. The van der Waals surface area contributed by atoms with Gasteiger partial charge in [-0.1, -0.05) is 48.0 Å². The van der Waals surface area contributed by atoms with Gasteiger partial charge in [-0.2, -0.15) is 22.6 Å². The largest absolute Gasteiger partial charge is 0.507 e. The first kappa shape index (κ1) is 69.4. The van der Waals surface area contributed by atoms with Gasteiger partial charge in [0, 0.05) is 130 Å². The van der Waals surface area contributed by atoms with Crippen LogP contribution in [-0.4, -0.2) is 164 Å². The highest BCUT2D eigenvalue weighted by Crippen LogP contribution is 2.45. The number of sulfonamides is 3. The monoisotopic (exact) mass is 1280 g/mol. The highest BCUT2D eigenvalue weighted by Gasteiger charge is 2.36. The van der Waals surface area contributed by atoms with E-state index in [1.54, 1.807) is 0 Å². The van der Waals surface area contributed by atoms with Crippen LogP contribution < -0.4 is 46.1 Å². The smallest absolute Gasteiger partial charge is 0.266 e. The van der Waals surface area contributed by atoms with Crippen LogP contribution in [0.3, 0.4) is 0 Å². The van der Waals surface area contributed by atoms with Gasteiger partial charge in [0.25, 0.3) is 10.1 Å². The molecule has 0 aromatic heterocycles. The number of rotatable bonds is 37. The van der Waals surface area contributed by atoms with Gasteiger partial charge in [-0.05, 0) is 52.2 Å². The minimum absolute atomic E-state index is 0.0160. The summed E-state index contributed by atoms with van der Waals surface area (Å²) in [7, 11) is -21.1. The van der Waals surface area contributed by atoms with Crippen LogP contribution in [0.2, 0.25) is 0 Å². The van der Waals surface area contributed by atoms with Gasteiger partial charge >= 0.3 is 0 Å². The second-order valence-electron chi connectivity index (χ2n) is 18.0. The van der Waals surface area contributed by atoms with E-state index in [1.807, 2.05) is 4.72 Å². The van der Waals surface area contributed by atoms with E-state index < -0.39 is 148 Å². The van der Waals surface area contributed by atoms with Crippen LogP contribution in [0.25, 0.3) is 32.3 Å². The van der Waals surface area contributed by atoms with E-state index >= 15 is 0 Å². The summed E-state index contributed by atoms with van der Waals surface area (Å²) in [6.07, 6.45) is 0.282. The van der Waals surface area contributed by atoms with Gasteiger partial charge in [0.15, 0.2) is 0 Å². The molecule has 3 atom stereocenters. The number of carbonyl (C=O) groups is 6. The molecule has 0 heterocycles. The van der Waals surface area contributed by atoms with E-state index in [4.69, 9.17) is 10.5 Å². The van der Waals surface area contributed by atoms with E-state index in [9.17, 15) is 72.1 Å². The molecule has 0 aliphatic heterocycles. The van der Waals surface area contributed by atoms with E-state index in [2.05, 4.69) is 79.8 Å². The summed E-state index contributed by atoms with van der Waals surface area (Å²) >= 11 is 0.497. The molecule has 6 amide bonds. The van der Waals surface area contributed by atoms with Gasteiger partial charge in [0.2, 0.25) is 65.5 Å². The summed E-state index contributed by atoms with van der Waals surface area (Å²) in [6.45, 7) is 14.4. The van der Waals surface area contributed by atoms with Crippen LogP contribution in [-0.2, 0) is 87.7 Å². The van der Waals surface area contributed by atoms with Crippen molar-refractivity contribution < 1.29 is 101 Å². The Hall–Kier alpha value is -6.14. The van der Waals surface area contributed by atoms with Crippen LogP contribution in [0, 0.1) is 0 Å². The summed E-state index contributed by atoms with van der Waals surface area (Å²) in [4.78, 5) is 73.7. The van der Waals surface area contributed by atoms with Gasteiger partial charge in [0.1, 0.15) is 29.6 Å². The Labute approximate surface area is 484 Å². The standard InChI is InChI=1S/C46H61N9O22S6/c1-25(2)41(57)47-14-7-17-50-44(60)32(22-78-76-74-63)53-81(68,69)36-20-35(56)28-10-11-30-38(83(72,73)55-34(24-80(65,66)67)46(62)52-19-9-16-49-43(59)27(5)6)21-37(31-13-12-29(36)39(28)40(30)31)82(70,71)54-33(23-79-77-75-64)45(61)51-18-8-15-48-42(58)26(3)4/h10-13,20-21,32-34,53-56,63-64H,1,3,5,7-9,14-19,22-24H2,2,4,6H3,(H,47,57)(H,48,58)(H,49,59)(H,50,60)(H,51,61)(H,52,62)(H,65,66,67). The number of nitrogens with one attached hydrogen (secondary N) is 9. The summed E-state index contributed by atoms with van der Waals surface area (Å²) < 4.78 is 138. The van der Waals surface area contributed by atoms with Crippen LogP contribution >= 0.6 is 24.1 Å². The number of aromatic hydroxyl groups is 1. The third-order valence-electron chi connectivity index (χ3n) is 11.5. The second-order valence-corrected chi connectivity index (χ2v) is 26.0. The van der Waals surface area contributed by atoms with Crippen molar-refractivity contribution in [1.29, 1.82) is 0 Å². The summed E-state index contributed by atoms with van der Waals surface area (Å²) in [5.41, 5.74) is 0.576. The molecule has 458 valence electrons. The summed E-state index contributed by atoms with van der Waals surface area (Å²) in [6, 6.07) is -0.370. The SMILES string of the molecule is C=C(C)C(=O)NCCCNC(=O)C(CSOOO)NS(=O)(=O)c1cc(O)c2ccc3c(S(=O)(=O)NC(CS(=O)(=O)O)C(=O)NCCCNC(=O)C(=C)C)cc(S(=O)(=O)NC(CSOOO)C(=O)NCCCNC(=O)C(=C)C)c4ccc1c2c43. The number of hydrogen-bond acceptors (Lipinski definition) is 23. The minimum atomic E-state index is -5.47. The zero-order valence-corrected chi connectivity index (χ0v) is 49.3. The second kappa shape index (κ2) is 31.1. The zero-order chi connectivity index (χ0) is 62.0. The van der Waals surface area contributed by atoms with Crippen LogP contribution in [0.1, 0.15) is 40.0 Å². The Morgan fingerprint density at radius 1 is 0.494 bits per heavy atom. The molecule has 0 saturated carbocycles. The third kappa shape index (κ3) is 20.0. The lowest BCUT2D eigenvalue weighted by molar-refractivity contribution is -0.432. The molecular formula is C46H61N9O22S6. The van der Waals surface area contributed by atoms with Crippen LogP contribution in [0.4, 0.5) is 0 Å². The number of phenolic OH excluding ortho intramolecular Hbond substituents is 1. The molecule has 0 saturated heterocycles. The van der Waals surface area contributed by atoms with Crippen molar-refractivity contribution in [3.8, 4) is 5.75 Å². The van der Waals surface area contributed by atoms with Crippen molar-refractivity contribution in [2.75, 3.05) is 56.5 Å². The zero-order valence-electron chi connectivity index (χ0n) is 44.4. The lowest BCUT2D eigenvalue weighted by Crippen LogP contribution is -2.50. The number of carbonyl (C=O) groups excluding carboxylic acids is 6. The Kier molecular flexibility index (Phi) is 26.0. The van der Waals surface area contributed by atoms with Gasteiger partial charge in [-0.25, -0.2) is 35.8 Å². The molecule has 0 radical (unpaired) electrons. The van der Waals surface area contributed by atoms with E-state index in [1.165, 1.54) is 20.8 Å². The molecule has 0 aliphatic rings. The van der Waals surface area contributed by atoms with Crippen LogP contribution in [0.15, 0.2) is 87.5 Å². The fraction of sp³-hybridized carbons (Fsp3) is 0.391. The Morgan fingerprint density at radius 2 is 0.795 bits per heavy atom. The lowest BCUT2D eigenvalue weighted by atomic mass is 9.94. The summed E-state index contributed by atoms with van der Waals surface area (Å²) in [5.74, 6) is -8.47. The predicted octanol–water partition coefficient (Wildman–Crippen LogP) is -0.147. The number of benzene rings is 4. The fourth-order valence-electron chi connectivity index (χ4n) is 7.56. The molecule has 13 N–H and O–H groups in total. The van der Waals surface area contributed by atoms with Crippen molar-refractivity contribution in [2.24, 2.45) is 0 Å². The molecule has 4 aromatic carbocycles. The predicted molar refractivity (Wildman–Crippen MR) is 301 cm³/mol.